The van der Waals surface area contributed by atoms with Gasteiger partial charge in [0.15, 0.2) is 0 Å². The highest BCUT2D eigenvalue weighted by Gasteiger charge is 2.10. The maximum absolute atomic E-state index is 12.7. The highest BCUT2D eigenvalue weighted by atomic mass is 16.5. The fourth-order valence-corrected chi connectivity index (χ4v) is 2.75. The van der Waals surface area contributed by atoms with Gasteiger partial charge in [-0.25, -0.2) is 0 Å². The molecule has 4 heteroatoms. The quantitative estimate of drug-likeness (QED) is 0.303. The van der Waals surface area contributed by atoms with E-state index in [0.717, 1.165) is 10.8 Å². The zero-order valence-electron chi connectivity index (χ0n) is 12.3. The summed E-state index contributed by atoms with van der Waals surface area (Å²) in [6.07, 6.45) is 0. The van der Waals surface area contributed by atoms with Crippen LogP contribution in [0.5, 0.6) is 5.75 Å². The molecule has 0 N–H and O–H groups in total. The lowest BCUT2D eigenvalue weighted by Gasteiger charge is -2.05. The van der Waals surface area contributed by atoms with Crippen LogP contribution in [0.15, 0.2) is 63.8 Å². The van der Waals surface area contributed by atoms with Gasteiger partial charge in [-0.05, 0) is 35.0 Å². The van der Waals surface area contributed by atoms with Crippen molar-refractivity contribution in [2.45, 2.75) is 6.92 Å². The Morgan fingerprint density at radius 1 is 0.913 bits per heavy atom. The van der Waals surface area contributed by atoms with Gasteiger partial charge in [0.1, 0.15) is 16.9 Å². The molecule has 0 aliphatic heterocycles. The number of hydrogen-bond acceptors (Lipinski definition) is 4. The van der Waals surface area contributed by atoms with Gasteiger partial charge in [0.25, 0.3) is 0 Å². The molecule has 1 heterocycles. The zero-order chi connectivity index (χ0) is 16.0. The van der Waals surface area contributed by atoms with Crippen molar-refractivity contribution < 1.29 is 13.9 Å². The molecule has 0 spiro atoms. The van der Waals surface area contributed by atoms with Crippen molar-refractivity contribution in [2.75, 3.05) is 0 Å². The number of fused-ring (bicyclic) bond motifs is 3. The largest absolute Gasteiger partial charge is 0.456 e. The second-order valence-electron chi connectivity index (χ2n) is 5.38. The Hall–Kier alpha value is -3.14. The summed E-state index contributed by atoms with van der Waals surface area (Å²) in [7, 11) is 0. The predicted molar refractivity (Wildman–Crippen MR) is 88.8 cm³/mol. The Morgan fingerprint density at radius 2 is 1.61 bits per heavy atom. The van der Waals surface area contributed by atoms with E-state index in [2.05, 4.69) is 0 Å². The van der Waals surface area contributed by atoms with Gasteiger partial charge in [-0.1, -0.05) is 24.3 Å². The topological polar surface area (TPSA) is 56.5 Å². The fourth-order valence-electron chi connectivity index (χ4n) is 2.75. The van der Waals surface area contributed by atoms with Crippen LogP contribution < -0.4 is 10.2 Å². The molecule has 0 saturated carbocycles. The Balaban J connectivity index is 2.06. The fraction of sp³-hybridized carbons (Fsp3) is 0.0526. The van der Waals surface area contributed by atoms with Crippen molar-refractivity contribution in [1.82, 2.24) is 0 Å². The molecule has 0 radical (unpaired) electrons. The normalized spacial score (nSPS) is 11.2. The zero-order valence-corrected chi connectivity index (χ0v) is 12.3. The average Bonchev–Trinajstić information content (AvgIpc) is 2.53. The van der Waals surface area contributed by atoms with Gasteiger partial charge < -0.3 is 9.15 Å². The highest BCUT2D eigenvalue weighted by molar-refractivity contribution is 5.99. The SMILES string of the molecule is CC(=O)Oc1ccc2c(=O)c3cc4ccccc4cc3oc2c1. The third kappa shape index (κ3) is 2.25. The maximum atomic E-state index is 12.7. The molecule has 0 atom stereocenters. The minimum Gasteiger partial charge on any atom is -0.456 e. The Morgan fingerprint density at radius 3 is 2.35 bits per heavy atom. The molecule has 1 aromatic heterocycles. The van der Waals surface area contributed by atoms with Crippen molar-refractivity contribution in [3.63, 3.8) is 0 Å². The second kappa shape index (κ2) is 4.95. The lowest BCUT2D eigenvalue weighted by Crippen LogP contribution is -2.04. The Bertz CT molecular complexity index is 1140. The molecule has 3 aromatic carbocycles. The van der Waals surface area contributed by atoms with Crippen LogP contribution in [0.25, 0.3) is 32.7 Å². The smallest absolute Gasteiger partial charge is 0.308 e. The van der Waals surface area contributed by atoms with Crippen LogP contribution in [0.3, 0.4) is 0 Å². The standard InChI is InChI=1S/C19H12O4/c1-11(20)22-14-6-7-15-18(10-14)23-17-9-13-5-3-2-4-12(13)8-16(17)19(15)21/h2-10H,1H3. The van der Waals surface area contributed by atoms with E-state index in [-0.39, 0.29) is 5.43 Å². The van der Waals surface area contributed by atoms with Crippen LogP contribution in [-0.4, -0.2) is 5.97 Å². The molecule has 0 saturated heterocycles. The first-order valence-corrected chi connectivity index (χ1v) is 7.19. The van der Waals surface area contributed by atoms with Gasteiger partial charge in [0.05, 0.1) is 10.8 Å². The number of carbonyl (C=O) groups excluding carboxylic acids is 1. The number of benzene rings is 3. The summed E-state index contributed by atoms with van der Waals surface area (Å²) >= 11 is 0. The molecule has 23 heavy (non-hydrogen) atoms. The molecule has 0 amide bonds. The summed E-state index contributed by atoms with van der Waals surface area (Å²) in [5, 5.41) is 2.99. The predicted octanol–water partition coefficient (Wildman–Crippen LogP) is 4.02. The first kappa shape index (κ1) is 13.5. The highest BCUT2D eigenvalue weighted by Crippen LogP contribution is 2.26. The van der Waals surface area contributed by atoms with Crippen LogP contribution in [0.4, 0.5) is 0 Å². The van der Waals surface area contributed by atoms with Crippen LogP contribution in [0.1, 0.15) is 6.92 Å². The minimum absolute atomic E-state index is 0.0959. The summed E-state index contributed by atoms with van der Waals surface area (Å²) < 4.78 is 10.9. The summed E-state index contributed by atoms with van der Waals surface area (Å²) in [5.74, 6) is -0.0632. The van der Waals surface area contributed by atoms with Gasteiger partial charge in [0.2, 0.25) is 5.43 Å². The van der Waals surface area contributed by atoms with Gasteiger partial charge in [0, 0.05) is 13.0 Å². The monoisotopic (exact) mass is 304 g/mol. The molecule has 4 nitrogen and oxygen atoms in total. The van der Waals surface area contributed by atoms with E-state index in [0.29, 0.717) is 27.7 Å². The van der Waals surface area contributed by atoms with E-state index in [9.17, 15) is 9.59 Å². The third-order valence-electron chi connectivity index (χ3n) is 3.77. The maximum Gasteiger partial charge on any atom is 0.308 e. The van der Waals surface area contributed by atoms with E-state index in [1.54, 1.807) is 18.2 Å². The lowest BCUT2D eigenvalue weighted by atomic mass is 10.1. The molecule has 0 bridgehead atoms. The molecule has 112 valence electrons. The Labute approximate surface area is 130 Å². The van der Waals surface area contributed by atoms with Crippen LogP contribution in [0.2, 0.25) is 0 Å². The van der Waals surface area contributed by atoms with Crippen LogP contribution in [-0.2, 0) is 4.79 Å². The number of rotatable bonds is 1. The molecule has 0 aliphatic carbocycles. The third-order valence-corrected chi connectivity index (χ3v) is 3.77. The number of hydrogen-bond donors (Lipinski definition) is 0. The summed E-state index contributed by atoms with van der Waals surface area (Å²) in [5.41, 5.74) is 0.819. The van der Waals surface area contributed by atoms with Gasteiger partial charge in [-0.15, -0.1) is 0 Å². The average molecular weight is 304 g/mol. The summed E-state index contributed by atoms with van der Waals surface area (Å²) in [6, 6.07) is 16.3. The summed E-state index contributed by atoms with van der Waals surface area (Å²) in [6.45, 7) is 1.33. The van der Waals surface area contributed by atoms with Gasteiger partial charge >= 0.3 is 5.97 Å². The van der Waals surface area contributed by atoms with E-state index < -0.39 is 5.97 Å². The molecule has 0 fully saturated rings. The molecule has 0 unspecified atom stereocenters. The summed E-state index contributed by atoms with van der Waals surface area (Å²) in [4.78, 5) is 23.8. The molecular formula is C19H12O4. The molecule has 0 aliphatic rings. The van der Waals surface area contributed by atoms with E-state index in [4.69, 9.17) is 9.15 Å². The second-order valence-corrected chi connectivity index (χ2v) is 5.38. The molecule has 4 rings (SSSR count). The van der Waals surface area contributed by atoms with Crippen molar-refractivity contribution in [3.05, 3.63) is 64.8 Å². The molecule has 4 aromatic rings. The number of carbonyl (C=O) groups is 1. The van der Waals surface area contributed by atoms with Crippen LogP contribution in [0, 0.1) is 0 Å². The minimum atomic E-state index is -0.418. The van der Waals surface area contributed by atoms with E-state index in [1.807, 2.05) is 36.4 Å². The van der Waals surface area contributed by atoms with Crippen molar-refractivity contribution >= 4 is 38.7 Å². The first-order valence-electron chi connectivity index (χ1n) is 7.19. The molecular weight excluding hydrogens is 292 g/mol. The first-order chi connectivity index (χ1) is 11.1. The van der Waals surface area contributed by atoms with Crippen molar-refractivity contribution in [1.29, 1.82) is 0 Å². The van der Waals surface area contributed by atoms with Crippen LogP contribution >= 0.6 is 0 Å². The Kier molecular flexibility index (Phi) is 2.91. The van der Waals surface area contributed by atoms with Gasteiger partial charge in [-0.2, -0.15) is 0 Å². The van der Waals surface area contributed by atoms with E-state index >= 15 is 0 Å². The lowest BCUT2D eigenvalue weighted by molar-refractivity contribution is -0.131. The van der Waals surface area contributed by atoms with E-state index in [1.165, 1.54) is 6.92 Å². The van der Waals surface area contributed by atoms with Crippen molar-refractivity contribution in [3.8, 4) is 5.75 Å². The van der Waals surface area contributed by atoms with Gasteiger partial charge in [-0.3, -0.25) is 9.59 Å². The van der Waals surface area contributed by atoms with Crippen molar-refractivity contribution in [2.24, 2.45) is 0 Å². The number of esters is 1. The number of ether oxygens (including phenoxy) is 1.